The minimum atomic E-state index is -0.106. The summed E-state index contributed by atoms with van der Waals surface area (Å²) in [6.45, 7) is 11.5. The van der Waals surface area contributed by atoms with Crippen molar-refractivity contribution in [1.29, 1.82) is 0 Å². The highest BCUT2D eigenvalue weighted by Gasteiger charge is 2.34. The molecule has 1 aromatic carbocycles. The molecule has 156 valence electrons. The van der Waals surface area contributed by atoms with Gasteiger partial charge in [-0.3, -0.25) is 4.98 Å². The quantitative estimate of drug-likeness (QED) is 0.344. The van der Waals surface area contributed by atoms with Crippen LogP contribution < -0.4 is 5.32 Å². The molecule has 0 radical (unpaired) electrons. The highest BCUT2D eigenvalue weighted by atomic mass is 32.1. The molecule has 0 spiro atoms. The fraction of sp³-hybridized carbons (Fsp3) is 0.346. The Kier molecular flexibility index (Phi) is 6.66. The molecule has 1 aliphatic rings. The van der Waals surface area contributed by atoms with Crippen molar-refractivity contribution in [3.63, 3.8) is 0 Å². The van der Waals surface area contributed by atoms with Gasteiger partial charge in [0.1, 0.15) is 6.10 Å². The highest BCUT2D eigenvalue weighted by Crippen LogP contribution is 2.37. The third-order valence-electron chi connectivity index (χ3n) is 6.20. The number of nitrogens with zero attached hydrogens (tertiary/aromatic N) is 1. The Bertz CT molecular complexity index is 992. The molecule has 3 heterocycles. The summed E-state index contributed by atoms with van der Waals surface area (Å²) >= 11 is 1.74. The van der Waals surface area contributed by atoms with Crippen LogP contribution in [-0.2, 0) is 11.2 Å². The number of piperidine rings is 1. The van der Waals surface area contributed by atoms with Gasteiger partial charge in [0.25, 0.3) is 0 Å². The van der Waals surface area contributed by atoms with Crippen molar-refractivity contribution in [3.8, 4) is 0 Å². The third-order valence-corrected chi connectivity index (χ3v) is 7.08. The maximum atomic E-state index is 6.62. The number of aromatic nitrogens is 1. The number of thiophene rings is 1. The number of benzene rings is 1. The van der Waals surface area contributed by atoms with E-state index in [1.807, 2.05) is 12.3 Å². The Labute approximate surface area is 183 Å². The molecule has 4 atom stereocenters. The lowest BCUT2D eigenvalue weighted by molar-refractivity contribution is 0.0512. The topological polar surface area (TPSA) is 34.1 Å². The molecule has 0 aliphatic carbocycles. The summed E-state index contributed by atoms with van der Waals surface area (Å²) in [5.74, 6) is 1.93. The normalized spacial score (nSPS) is 22.5. The van der Waals surface area contributed by atoms with Gasteiger partial charge in [0.15, 0.2) is 0 Å². The average Bonchev–Trinajstić information content (AvgIpc) is 3.29. The lowest BCUT2D eigenvalue weighted by atomic mass is 9.79. The molecule has 30 heavy (non-hydrogen) atoms. The summed E-state index contributed by atoms with van der Waals surface area (Å²) in [6, 6.07) is 14.8. The molecule has 4 rings (SSSR count). The Balaban J connectivity index is 1.65. The number of rotatable bonds is 8. The zero-order chi connectivity index (χ0) is 20.9. The summed E-state index contributed by atoms with van der Waals surface area (Å²) in [5.41, 5.74) is 2.18. The van der Waals surface area contributed by atoms with Gasteiger partial charge in [-0.05, 0) is 41.8 Å². The lowest BCUT2D eigenvalue weighted by Gasteiger charge is -2.39. The molecule has 3 aromatic rings. The standard InChI is InChI=1S/C26H30N2OS/c1-4-19-16-25(28-17-20(19)5-2)26(29-18(3)15-21-9-8-14-30-21)23-12-13-27-24-11-7-6-10-22(23)24/h5-14,19-20,25-26,28H,2-4,15-17H2,1H3/t19-,20-,25+,26-/m0/s1. The van der Waals surface area contributed by atoms with E-state index in [9.17, 15) is 0 Å². The number of hydrogen-bond donors (Lipinski definition) is 1. The van der Waals surface area contributed by atoms with E-state index >= 15 is 0 Å². The van der Waals surface area contributed by atoms with Gasteiger partial charge < -0.3 is 10.1 Å². The van der Waals surface area contributed by atoms with Crippen LogP contribution in [0.4, 0.5) is 0 Å². The summed E-state index contributed by atoms with van der Waals surface area (Å²) < 4.78 is 6.62. The van der Waals surface area contributed by atoms with Crippen LogP contribution in [0.15, 0.2) is 79.0 Å². The van der Waals surface area contributed by atoms with Crippen molar-refractivity contribution in [2.75, 3.05) is 6.54 Å². The molecule has 1 N–H and O–H groups in total. The molecule has 1 fully saturated rings. The predicted molar refractivity (Wildman–Crippen MR) is 127 cm³/mol. The Morgan fingerprint density at radius 2 is 2.17 bits per heavy atom. The number of fused-ring (bicyclic) bond motifs is 1. The van der Waals surface area contributed by atoms with E-state index in [0.717, 1.165) is 42.5 Å². The average molecular weight is 419 g/mol. The molecule has 0 unspecified atom stereocenters. The van der Waals surface area contributed by atoms with E-state index in [0.29, 0.717) is 11.8 Å². The smallest absolute Gasteiger partial charge is 0.139 e. The van der Waals surface area contributed by atoms with Gasteiger partial charge in [0, 0.05) is 41.0 Å². The van der Waals surface area contributed by atoms with Gasteiger partial charge >= 0.3 is 0 Å². The largest absolute Gasteiger partial charge is 0.489 e. The molecule has 0 saturated carbocycles. The predicted octanol–water partition coefficient (Wildman–Crippen LogP) is 6.30. The number of ether oxygens (including phenoxy) is 1. The third kappa shape index (κ3) is 4.50. The van der Waals surface area contributed by atoms with Crippen molar-refractivity contribution in [1.82, 2.24) is 10.3 Å². The van der Waals surface area contributed by atoms with E-state index in [1.54, 1.807) is 11.3 Å². The SMILES string of the molecule is C=C[C@H]1CN[C@@H]([C@@H](OC(=C)Cc2cccs2)c2ccnc3ccccc23)C[C@@H]1CC. The number of para-hydroxylation sites is 1. The van der Waals surface area contributed by atoms with Crippen molar-refractivity contribution >= 4 is 22.2 Å². The maximum Gasteiger partial charge on any atom is 0.139 e. The van der Waals surface area contributed by atoms with Gasteiger partial charge in [-0.25, -0.2) is 0 Å². The summed E-state index contributed by atoms with van der Waals surface area (Å²) in [6.07, 6.45) is 6.84. The second-order valence-corrected chi connectivity index (χ2v) is 9.10. The molecule has 2 aromatic heterocycles. The van der Waals surface area contributed by atoms with Gasteiger partial charge in [-0.1, -0.05) is 50.3 Å². The molecule has 3 nitrogen and oxygen atoms in total. The van der Waals surface area contributed by atoms with E-state index < -0.39 is 0 Å². The molecule has 0 bridgehead atoms. The van der Waals surface area contributed by atoms with Crippen LogP contribution in [0.25, 0.3) is 10.9 Å². The van der Waals surface area contributed by atoms with Crippen molar-refractivity contribution < 1.29 is 4.74 Å². The summed E-state index contributed by atoms with van der Waals surface area (Å²) in [4.78, 5) is 5.83. The zero-order valence-corrected chi connectivity index (χ0v) is 18.4. The first-order valence-corrected chi connectivity index (χ1v) is 11.6. The van der Waals surface area contributed by atoms with Gasteiger partial charge in [-0.15, -0.1) is 17.9 Å². The number of hydrogen-bond acceptors (Lipinski definition) is 4. The second kappa shape index (κ2) is 9.59. The molecule has 0 amide bonds. The van der Waals surface area contributed by atoms with Crippen LogP contribution >= 0.6 is 11.3 Å². The molecular weight excluding hydrogens is 388 g/mol. The molecule has 4 heteroatoms. The Morgan fingerprint density at radius 3 is 2.93 bits per heavy atom. The van der Waals surface area contributed by atoms with Gasteiger partial charge in [-0.2, -0.15) is 0 Å². The minimum absolute atomic E-state index is 0.106. The minimum Gasteiger partial charge on any atom is -0.489 e. The van der Waals surface area contributed by atoms with Crippen molar-refractivity contribution in [3.05, 3.63) is 89.5 Å². The fourth-order valence-electron chi connectivity index (χ4n) is 4.57. The van der Waals surface area contributed by atoms with E-state index in [4.69, 9.17) is 4.74 Å². The molecule has 1 saturated heterocycles. The number of allylic oxidation sites excluding steroid dienone is 1. The van der Waals surface area contributed by atoms with Crippen molar-refractivity contribution in [2.24, 2.45) is 11.8 Å². The zero-order valence-electron chi connectivity index (χ0n) is 17.6. The van der Waals surface area contributed by atoms with E-state index in [1.165, 1.54) is 10.4 Å². The lowest BCUT2D eigenvalue weighted by Crippen LogP contribution is -2.46. The summed E-state index contributed by atoms with van der Waals surface area (Å²) in [5, 5.41) is 7.00. The summed E-state index contributed by atoms with van der Waals surface area (Å²) in [7, 11) is 0. The van der Waals surface area contributed by atoms with Crippen LogP contribution in [0.1, 0.15) is 36.3 Å². The monoisotopic (exact) mass is 418 g/mol. The van der Waals surface area contributed by atoms with Crippen LogP contribution in [0.2, 0.25) is 0 Å². The first-order chi connectivity index (χ1) is 14.7. The Morgan fingerprint density at radius 1 is 1.30 bits per heavy atom. The highest BCUT2D eigenvalue weighted by molar-refractivity contribution is 7.09. The molecular formula is C26H30N2OS. The number of pyridine rings is 1. The Hall–Kier alpha value is -2.43. The second-order valence-electron chi connectivity index (χ2n) is 8.07. The maximum absolute atomic E-state index is 6.62. The fourth-order valence-corrected chi connectivity index (χ4v) is 5.30. The molecule has 1 aliphatic heterocycles. The van der Waals surface area contributed by atoms with Crippen LogP contribution in [-0.4, -0.2) is 17.6 Å². The first kappa shape index (κ1) is 20.8. The van der Waals surface area contributed by atoms with Gasteiger partial charge in [0.05, 0.1) is 11.3 Å². The van der Waals surface area contributed by atoms with E-state index in [2.05, 4.69) is 78.2 Å². The van der Waals surface area contributed by atoms with Crippen LogP contribution in [0.5, 0.6) is 0 Å². The van der Waals surface area contributed by atoms with E-state index in [-0.39, 0.29) is 12.1 Å². The van der Waals surface area contributed by atoms with Crippen LogP contribution in [0.3, 0.4) is 0 Å². The van der Waals surface area contributed by atoms with Crippen LogP contribution in [0, 0.1) is 11.8 Å². The van der Waals surface area contributed by atoms with Gasteiger partial charge in [0.2, 0.25) is 0 Å². The first-order valence-electron chi connectivity index (χ1n) is 10.8. The van der Waals surface area contributed by atoms with Crippen molar-refractivity contribution in [2.45, 2.75) is 38.3 Å². The number of nitrogens with one attached hydrogen (secondary N) is 1.